The summed E-state index contributed by atoms with van der Waals surface area (Å²) < 4.78 is 7.43. The van der Waals surface area contributed by atoms with Crippen molar-refractivity contribution in [2.45, 2.75) is 95.7 Å². The maximum Gasteiger partial charge on any atom is 0.276 e. The third-order valence-corrected chi connectivity index (χ3v) is 10.2. The van der Waals surface area contributed by atoms with Gasteiger partial charge in [-0.05, 0) is 81.7 Å². The SMILES string of the molecule is Cc1cc(Nc2cc(NC(=O)CCCCCCOc3ccc4c(c3)C(=O)N(C3CCC(=O)NC3=O)C4=O)ncn2)c(=O)n2c1C(=O)NC21CCCCC1. The third kappa shape index (κ3) is 7.00. The van der Waals surface area contributed by atoms with E-state index in [1.54, 1.807) is 29.7 Å². The molecule has 1 unspecified atom stereocenters. The first-order chi connectivity index (χ1) is 25.5. The summed E-state index contributed by atoms with van der Waals surface area (Å²) in [6.07, 6.45) is 8.91. The number of aromatic nitrogens is 3. The quantitative estimate of drug-likeness (QED) is 0.157. The molecular formula is C37H40N8O8. The molecule has 3 aromatic rings. The van der Waals surface area contributed by atoms with Gasteiger partial charge in [0, 0.05) is 18.9 Å². The van der Waals surface area contributed by atoms with Crippen LogP contribution in [0.5, 0.6) is 5.75 Å². The minimum atomic E-state index is -1.03. The fourth-order valence-electron chi connectivity index (χ4n) is 7.64. The molecule has 7 rings (SSSR count). The molecule has 1 saturated heterocycles. The van der Waals surface area contributed by atoms with Gasteiger partial charge in [-0.3, -0.25) is 48.3 Å². The van der Waals surface area contributed by atoms with Crippen molar-refractivity contribution < 1.29 is 33.5 Å². The topological polar surface area (TPSA) is 211 Å². The monoisotopic (exact) mass is 724 g/mol. The highest BCUT2D eigenvalue weighted by Gasteiger charge is 2.46. The molecule has 1 atom stereocenters. The second-order valence-corrected chi connectivity index (χ2v) is 13.9. The van der Waals surface area contributed by atoms with Crippen molar-refractivity contribution in [3.8, 4) is 5.75 Å². The summed E-state index contributed by atoms with van der Waals surface area (Å²) >= 11 is 0. The molecule has 16 heteroatoms. The molecule has 16 nitrogen and oxygen atoms in total. The number of amides is 6. The number of hydrogen-bond acceptors (Lipinski definition) is 11. The average molecular weight is 725 g/mol. The number of piperidine rings is 1. The van der Waals surface area contributed by atoms with E-state index in [1.807, 2.05) is 0 Å². The lowest BCUT2D eigenvalue weighted by Crippen LogP contribution is -2.54. The number of imide groups is 2. The Morgan fingerprint density at radius 3 is 2.47 bits per heavy atom. The number of fused-ring (bicyclic) bond motifs is 3. The Labute approximate surface area is 304 Å². The van der Waals surface area contributed by atoms with Gasteiger partial charge >= 0.3 is 0 Å². The van der Waals surface area contributed by atoms with Crippen LogP contribution in [0.15, 0.2) is 41.5 Å². The number of benzene rings is 1. The Morgan fingerprint density at radius 2 is 1.68 bits per heavy atom. The second-order valence-electron chi connectivity index (χ2n) is 13.9. The predicted molar refractivity (Wildman–Crippen MR) is 190 cm³/mol. The van der Waals surface area contributed by atoms with Gasteiger partial charge in [0.2, 0.25) is 17.7 Å². The van der Waals surface area contributed by atoms with Crippen molar-refractivity contribution in [2.75, 3.05) is 17.2 Å². The van der Waals surface area contributed by atoms with Crippen molar-refractivity contribution in [1.29, 1.82) is 0 Å². The normalized spacial score (nSPS) is 18.8. The number of ether oxygens (including phenoxy) is 1. The molecule has 1 aliphatic carbocycles. The molecule has 3 aliphatic heterocycles. The molecule has 5 heterocycles. The van der Waals surface area contributed by atoms with E-state index in [2.05, 4.69) is 31.2 Å². The standard InChI is InChI=1S/C37H40N8O8/c1-21-17-25(36(52)45-31(21)33(49)43-37(45)14-6-4-7-15-37)40-27-19-28(39-20-38-27)41-29(46)9-5-2-3-8-16-53-22-10-11-23-24(18-22)35(51)44(34(23)50)26-12-13-30(47)42-32(26)48/h10-11,17-20,26H,2-9,12-16H2,1H3,(H,43,49)(H,42,47,48)(H2,38,39,40,41,46). The first-order valence-electron chi connectivity index (χ1n) is 18.0. The molecule has 6 amide bonds. The third-order valence-electron chi connectivity index (χ3n) is 10.2. The molecule has 276 valence electrons. The molecule has 2 aromatic heterocycles. The summed E-state index contributed by atoms with van der Waals surface area (Å²) in [6, 6.07) is 6.78. The molecule has 4 aliphatic rings. The zero-order valence-electron chi connectivity index (χ0n) is 29.3. The highest BCUT2D eigenvalue weighted by atomic mass is 16.5. The fourth-order valence-corrected chi connectivity index (χ4v) is 7.64. The van der Waals surface area contributed by atoms with Crippen LogP contribution in [0.1, 0.15) is 114 Å². The van der Waals surface area contributed by atoms with Gasteiger partial charge in [-0.2, -0.15) is 0 Å². The number of hydrogen-bond donors (Lipinski definition) is 4. The number of rotatable bonds is 12. The van der Waals surface area contributed by atoms with Gasteiger partial charge < -0.3 is 20.7 Å². The molecule has 2 fully saturated rings. The van der Waals surface area contributed by atoms with E-state index in [4.69, 9.17) is 4.74 Å². The number of nitrogens with zero attached hydrogens (tertiary/aromatic N) is 4. The van der Waals surface area contributed by atoms with Gasteiger partial charge in [-0.25, -0.2) is 9.97 Å². The van der Waals surface area contributed by atoms with Crippen LogP contribution >= 0.6 is 0 Å². The van der Waals surface area contributed by atoms with E-state index in [-0.39, 0.29) is 59.3 Å². The lowest BCUT2D eigenvalue weighted by atomic mass is 9.89. The van der Waals surface area contributed by atoms with Crippen LogP contribution in [0.25, 0.3) is 0 Å². The van der Waals surface area contributed by atoms with Crippen LogP contribution in [-0.4, -0.2) is 67.5 Å². The Hall–Kier alpha value is -5.93. The number of carbonyl (C=O) groups excluding carboxylic acids is 6. The van der Waals surface area contributed by atoms with Gasteiger partial charge in [0.15, 0.2) is 0 Å². The average Bonchev–Trinajstić information content (AvgIpc) is 3.55. The van der Waals surface area contributed by atoms with Crippen molar-refractivity contribution >= 4 is 52.8 Å². The lowest BCUT2D eigenvalue weighted by molar-refractivity contribution is -0.136. The van der Waals surface area contributed by atoms with Crippen LogP contribution in [0.2, 0.25) is 0 Å². The fraction of sp³-hybridized carbons (Fsp3) is 0.432. The summed E-state index contributed by atoms with van der Waals surface area (Å²) in [5.41, 5.74) is 0.682. The maximum atomic E-state index is 13.7. The Bertz CT molecular complexity index is 2090. The summed E-state index contributed by atoms with van der Waals surface area (Å²) in [7, 11) is 0. The molecule has 0 bridgehead atoms. The summed E-state index contributed by atoms with van der Waals surface area (Å²) in [5.74, 6) is -1.67. The molecule has 0 radical (unpaired) electrons. The smallest absolute Gasteiger partial charge is 0.276 e. The number of anilines is 3. The van der Waals surface area contributed by atoms with Crippen molar-refractivity contribution in [1.82, 2.24) is 30.1 Å². The lowest BCUT2D eigenvalue weighted by Gasteiger charge is -2.35. The Morgan fingerprint density at radius 1 is 0.925 bits per heavy atom. The highest BCUT2D eigenvalue weighted by Crippen LogP contribution is 2.37. The van der Waals surface area contributed by atoms with Gasteiger partial charge in [0.25, 0.3) is 23.3 Å². The molecule has 1 spiro atoms. The molecule has 53 heavy (non-hydrogen) atoms. The maximum absolute atomic E-state index is 13.7. The van der Waals surface area contributed by atoms with Crippen LogP contribution < -0.4 is 31.6 Å². The van der Waals surface area contributed by atoms with E-state index >= 15 is 0 Å². The molecule has 4 N–H and O–H groups in total. The summed E-state index contributed by atoms with van der Waals surface area (Å²) in [4.78, 5) is 98.2. The van der Waals surface area contributed by atoms with Crippen molar-refractivity contribution in [3.63, 3.8) is 0 Å². The largest absolute Gasteiger partial charge is 0.494 e. The van der Waals surface area contributed by atoms with E-state index in [1.165, 1.54) is 18.5 Å². The van der Waals surface area contributed by atoms with Crippen LogP contribution in [-0.2, 0) is 20.0 Å². The number of unbranched alkanes of at least 4 members (excludes halogenated alkanes) is 3. The highest BCUT2D eigenvalue weighted by molar-refractivity contribution is 6.23. The van der Waals surface area contributed by atoms with Crippen LogP contribution in [0.4, 0.5) is 17.3 Å². The molecule has 1 aromatic carbocycles. The first kappa shape index (κ1) is 35.5. The molecular weight excluding hydrogens is 684 g/mol. The van der Waals surface area contributed by atoms with Gasteiger partial charge in [0.05, 0.1) is 17.7 Å². The number of pyridine rings is 1. The minimum Gasteiger partial charge on any atom is -0.494 e. The zero-order chi connectivity index (χ0) is 37.3. The summed E-state index contributed by atoms with van der Waals surface area (Å²) in [5, 5.41) is 11.1. The summed E-state index contributed by atoms with van der Waals surface area (Å²) in [6.45, 7) is 2.17. The van der Waals surface area contributed by atoms with E-state index in [0.717, 1.165) is 37.0 Å². The van der Waals surface area contributed by atoms with Gasteiger partial charge in [-0.1, -0.05) is 19.3 Å². The van der Waals surface area contributed by atoms with E-state index in [9.17, 15) is 33.6 Å². The van der Waals surface area contributed by atoms with Crippen LogP contribution in [0, 0.1) is 6.92 Å². The van der Waals surface area contributed by atoms with Crippen molar-refractivity contribution in [3.05, 3.63) is 69.4 Å². The first-order valence-corrected chi connectivity index (χ1v) is 18.0. The Kier molecular flexibility index (Phi) is 9.77. The predicted octanol–water partition coefficient (Wildman–Crippen LogP) is 3.42. The van der Waals surface area contributed by atoms with Gasteiger partial charge in [-0.15, -0.1) is 0 Å². The second kappa shape index (κ2) is 14.6. The molecule has 1 saturated carbocycles. The van der Waals surface area contributed by atoms with Gasteiger partial charge in [0.1, 0.15) is 46.8 Å². The number of carbonyl (C=O) groups is 6. The zero-order valence-corrected chi connectivity index (χ0v) is 29.3. The minimum absolute atomic E-state index is 0.0505. The van der Waals surface area contributed by atoms with E-state index < -0.39 is 35.3 Å². The van der Waals surface area contributed by atoms with E-state index in [0.29, 0.717) is 55.1 Å². The number of nitrogens with one attached hydrogen (secondary N) is 4. The van der Waals surface area contributed by atoms with Crippen LogP contribution in [0.3, 0.4) is 0 Å². The van der Waals surface area contributed by atoms with Crippen molar-refractivity contribution in [2.24, 2.45) is 0 Å². The Balaban J connectivity index is 0.856. The number of aryl methyl sites for hydroxylation is 1.